The van der Waals surface area contributed by atoms with Gasteiger partial charge < -0.3 is 20.9 Å². The van der Waals surface area contributed by atoms with E-state index in [1.165, 1.54) is 23.8 Å². The molecule has 0 saturated heterocycles. The number of carbonyl (C=O) groups excluding carboxylic acids is 2. The first-order valence-corrected chi connectivity index (χ1v) is 12.8. The molecule has 3 aromatic rings. The molecule has 1 aliphatic carbocycles. The lowest BCUT2D eigenvalue weighted by molar-refractivity contribution is -0.122. The summed E-state index contributed by atoms with van der Waals surface area (Å²) in [7, 11) is 1.60. The molecule has 35 heavy (non-hydrogen) atoms. The molecule has 1 fully saturated rings. The average Bonchev–Trinajstić information content (AvgIpc) is 3.60. The molecule has 1 atom stereocenters. The summed E-state index contributed by atoms with van der Waals surface area (Å²) in [5.41, 5.74) is 7.79. The number of imidazole rings is 1. The number of hydrogen-bond donors (Lipinski definition) is 3. The highest BCUT2D eigenvalue weighted by atomic mass is 35.5. The zero-order chi connectivity index (χ0) is 24.8. The van der Waals surface area contributed by atoms with Crippen LogP contribution in [0, 0.1) is 5.92 Å². The van der Waals surface area contributed by atoms with Crippen LogP contribution in [0.5, 0.6) is 0 Å². The molecule has 2 amide bonds. The fourth-order valence-corrected chi connectivity index (χ4v) is 5.51. The fourth-order valence-electron chi connectivity index (χ4n) is 4.43. The average molecular weight is 513 g/mol. The largest absolute Gasteiger partial charge is 0.403 e. The van der Waals surface area contributed by atoms with E-state index in [1.807, 2.05) is 28.8 Å². The highest BCUT2D eigenvalue weighted by Gasteiger charge is 2.27. The summed E-state index contributed by atoms with van der Waals surface area (Å²) >= 11 is 7.54. The number of aromatic nitrogens is 2. The Balaban J connectivity index is 1.46. The molecule has 2 heterocycles. The van der Waals surface area contributed by atoms with Crippen molar-refractivity contribution in [2.24, 2.45) is 16.6 Å². The van der Waals surface area contributed by atoms with Crippen molar-refractivity contribution in [1.82, 2.24) is 20.2 Å². The van der Waals surface area contributed by atoms with Crippen LogP contribution in [0.3, 0.4) is 0 Å². The van der Waals surface area contributed by atoms with E-state index in [0.717, 1.165) is 41.6 Å². The minimum absolute atomic E-state index is 0.264. The van der Waals surface area contributed by atoms with Crippen LogP contribution in [-0.4, -0.2) is 40.7 Å². The van der Waals surface area contributed by atoms with Crippen LogP contribution in [0.1, 0.15) is 46.7 Å². The number of benzene rings is 1. The predicted molar refractivity (Wildman–Crippen MR) is 141 cm³/mol. The van der Waals surface area contributed by atoms with Gasteiger partial charge in [-0.3, -0.25) is 14.6 Å². The molecule has 1 unspecified atom stereocenters. The van der Waals surface area contributed by atoms with Crippen molar-refractivity contribution in [2.75, 3.05) is 7.05 Å². The van der Waals surface area contributed by atoms with E-state index < -0.39 is 6.04 Å². The molecule has 1 aliphatic rings. The van der Waals surface area contributed by atoms with Gasteiger partial charge in [-0.1, -0.05) is 37.3 Å². The SMILES string of the molecule is CN=C/C(=C\N)NC(=O)C(CC1CCCC1)NC(=O)c1ccc(Cn2cnc3ccc(Cl)cc32)s1. The van der Waals surface area contributed by atoms with Gasteiger partial charge in [0, 0.05) is 29.4 Å². The Hall–Kier alpha value is -3.17. The number of nitrogens with zero attached hydrogens (tertiary/aromatic N) is 3. The highest BCUT2D eigenvalue weighted by Crippen LogP contribution is 2.29. The van der Waals surface area contributed by atoms with E-state index >= 15 is 0 Å². The lowest BCUT2D eigenvalue weighted by Crippen LogP contribution is -2.47. The third-order valence-electron chi connectivity index (χ3n) is 6.18. The Morgan fingerprint density at radius 2 is 2.11 bits per heavy atom. The van der Waals surface area contributed by atoms with Crippen LogP contribution >= 0.6 is 22.9 Å². The number of rotatable bonds is 9. The molecule has 1 aromatic carbocycles. The Morgan fingerprint density at radius 1 is 1.31 bits per heavy atom. The summed E-state index contributed by atoms with van der Waals surface area (Å²) < 4.78 is 2.00. The van der Waals surface area contributed by atoms with Crippen LogP contribution in [0.4, 0.5) is 0 Å². The summed E-state index contributed by atoms with van der Waals surface area (Å²) in [6, 6.07) is 8.64. The van der Waals surface area contributed by atoms with Crippen molar-refractivity contribution in [3.8, 4) is 0 Å². The predicted octanol–water partition coefficient (Wildman–Crippen LogP) is 4.10. The van der Waals surface area contributed by atoms with Gasteiger partial charge in [0.05, 0.1) is 34.5 Å². The van der Waals surface area contributed by atoms with E-state index in [0.29, 0.717) is 34.5 Å². The molecule has 184 valence electrons. The van der Waals surface area contributed by atoms with Crippen LogP contribution in [0.15, 0.2) is 53.5 Å². The quantitative estimate of drug-likeness (QED) is 0.374. The number of halogens is 1. The van der Waals surface area contributed by atoms with Gasteiger partial charge in [0.15, 0.2) is 0 Å². The van der Waals surface area contributed by atoms with E-state index in [2.05, 4.69) is 20.6 Å². The van der Waals surface area contributed by atoms with E-state index in [-0.39, 0.29) is 11.8 Å². The molecular formula is C25H29ClN6O2S. The first kappa shape index (κ1) is 24.9. The Bertz CT molecular complexity index is 1260. The fraction of sp³-hybridized carbons (Fsp3) is 0.360. The molecule has 4 rings (SSSR count). The maximum Gasteiger partial charge on any atom is 0.262 e. The monoisotopic (exact) mass is 512 g/mol. The number of thiophene rings is 1. The van der Waals surface area contributed by atoms with Crippen molar-refractivity contribution in [2.45, 2.75) is 44.7 Å². The van der Waals surface area contributed by atoms with E-state index in [1.54, 1.807) is 19.4 Å². The summed E-state index contributed by atoms with van der Waals surface area (Å²) in [5, 5.41) is 6.37. The van der Waals surface area contributed by atoms with Crippen LogP contribution in [0.25, 0.3) is 11.0 Å². The minimum atomic E-state index is -0.656. The maximum atomic E-state index is 13.1. The molecule has 0 aliphatic heterocycles. The van der Waals surface area contributed by atoms with Gasteiger partial charge in [-0.15, -0.1) is 11.3 Å². The van der Waals surface area contributed by atoms with Crippen LogP contribution in [0.2, 0.25) is 5.02 Å². The molecule has 0 spiro atoms. The minimum Gasteiger partial charge on any atom is -0.403 e. The number of nitrogens with one attached hydrogen (secondary N) is 2. The standard InChI is InChI=1S/C25H29ClN6O2S/c1-28-13-18(12-27)30-24(33)21(10-16-4-2-3-5-16)31-25(34)23-9-7-19(35-23)14-32-15-29-20-8-6-17(26)11-22(20)32/h6-9,11-13,15-16,21H,2-5,10,14,27H2,1H3,(H,30,33)(H,31,34)/b18-12+,28-13?. The third-order valence-corrected chi connectivity index (χ3v) is 7.48. The van der Waals surface area contributed by atoms with Crippen LogP contribution < -0.4 is 16.4 Å². The number of carbonyl (C=O) groups is 2. The zero-order valence-corrected chi connectivity index (χ0v) is 21.1. The topological polar surface area (TPSA) is 114 Å². The number of hydrogen-bond acceptors (Lipinski definition) is 6. The molecule has 8 nitrogen and oxygen atoms in total. The van der Waals surface area contributed by atoms with Crippen molar-refractivity contribution in [3.63, 3.8) is 0 Å². The van der Waals surface area contributed by atoms with Crippen molar-refractivity contribution < 1.29 is 9.59 Å². The van der Waals surface area contributed by atoms with Crippen molar-refractivity contribution >= 4 is 52.0 Å². The van der Waals surface area contributed by atoms with E-state index in [9.17, 15) is 9.59 Å². The van der Waals surface area contributed by atoms with Crippen LogP contribution in [-0.2, 0) is 11.3 Å². The first-order valence-electron chi connectivity index (χ1n) is 11.6. The molecular weight excluding hydrogens is 484 g/mol. The summed E-state index contributed by atoms with van der Waals surface area (Å²) in [4.78, 5) is 36.0. The van der Waals surface area contributed by atoms with Gasteiger partial charge in [0.2, 0.25) is 5.91 Å². The van der Waals surface area contributed by atoms with Gasteiger partial charge >= 0.3 is 0 Å². The lowest BCUT2D eigenvalue weighted by atomic mass is 9.97. The van der Waals surface area contributed by atoms with Gasteiger partial charge in [0.1, 0.15) is 6.04 Å². The second-order valence-corrected chi connectivity index (χ2v) is 10.3. The Kier molecular flexibility index (Phi) is 8.20. The normalized spacial score (nSPS) is 15.7. The Morgan fingerprint density at radius 3 is 2.86 bits per heavy atom. The number of aliphatic imine (C=N–C) groups is 1. The van der Waals surface area contributed by atoms with Crippen molar-refractivity contribution in [1.29, 1.82) is 0 Å². The van der Waals surface area contributed by atoms with Gasteiger partial charge in [0.25, 0.3) is 5.91 Å². The molecule has 0 bridgehead atoms. The molecule has 0 radical (unpaired) electrons. The van der Waals surface area contributed by atoms with E-state index in [4.69, 9.17) is 17.3 Å². The third kappa shape index (κ3) is 6.29. The second-order valence-electron chi connectivity index (χ2n) is 8.68. The smallest absolute Gasteiger partial charge is 0.262 e. The molecule has 1 saturated carbocycles. The number of amides is 2. The van der Waals surface area contributed by atoms with Gasteiger partial charge in [-0.05, 0) is 42.7 Å². The maximum absolute atomic E-state index is 13.1. The van der Waals surface area contributed by atoms with Gasteiger partial charge in [-0.25, -0.2) is 4.98 Å². The first-order chi connectivity index (χ1) is 17.0. The summed E-state index contributed by atoms with van der Waals surface area (Å²) in [6.45, 7) is 0.571. The number of fused-ring (bicyclic) bond motifs is 1. The Labute approximate surface area is 213 Å². The summed E-state index contributed by atoms with van der Waals surface area (Å²) in [5.74, 6) is -0.141. The second kappa shape index (κ2) is 11.5. The van der Waals surface area contributed by atoms with Crippen molar-refractivity contribution in [3.05, 3.63) is 63.3 Å². The number of allylic oxidation sites excluding steroid dienone is 1. The molecule has 4 N–H and O–H groups in total. The lowest BCUT2D eigenvalue weighted by Gasteiger charge is -2.21. The summed E-state index contributed by atoms with van der Waals surface area (Å²) in [6.07, 6.45) is 9.59. The molecule has 2 aromatic heterocycles. The molecule has 10 heteroatoms. The number of nitrogens with two attached hydrogens (primary N) is 1. The zero-order valence-electron chi connectivity index (χ0n) is 19.5. The van der Waals surface area contributed by atoms with Gasteiger partial charge in [-0.2, -0.15) is 0 Å². The highest BCUT2D eigenvalue weighted by molar-refractivity contribution is 7.14.